The van der Waals surface area contributed by atoms with Crippen molar-refractivity contribution >= 4 is 0 Å². The van der Waals surface area contributed by atoms with E-state index in [1.54, 1.807) is 4.68 Å². The minimum Gasteiger partial charge on any atom is -0.385 e. The van der Waals surface area contributed by atoms with Crippen LogP contribution >= 0.6 is 0 Å². The number of nitrogens with zero attached hydrogens (tertiary/aromatic N) is 2. The van der Waals surface area contributed by atoms with Gasteiger partial charge < -0.3 is 5.11 Å². The fourth-order valence-electron chi connectivity index (χ4n) is 3.13. The highest BCUT2D eigenvalue weighted by Crippen LogP contribution is 2.29. The van der Waals surface area contributed by atoms with E-state index in [0.717, 1.165) is 17.5 Å². The molecule has 1 aliphatic rings. The fraction of sp³-hybridized carbons (Fsp3) is 0.471. The van der Waals surface area contributed by atoms with Crippen LogP contribution in [0.1, 0.15) is 42.0 Å². The standard InChI is InChI=1S/C17H22N2O/c1-17(20,10-13-11-18-19(2)12-13)16-8-7-14-5-3-4-6-15(14)9-16/h7-9,11-12,20H,3-6,10H2,1-2H3. The largest absolute Gasteiger partial charge is 0.385 e. The first-order valence-corrected chi connectivity index (χ1v) is 7.37. The molecule has 3 rings (SSSR count). The maximum Gasteiger partial charge on any atom is 0.0909 e. The van der Waals surface area contributed by atoms with Crippen molar-refractivity contribution in [1.29, 1.82) is 0 Å². The molecule has 0 fully saturated rings. The summed E-state index contributed by atoms with van der Waals surface area (Å²) >= 11 is 0. The molecule has 0 saturated carbocycles. The topological polar surface area (TPSA) is 38.0 Å². The van der Waals surface area contributed by atoms with Crippen LogP contribution in [0.3, 0.4) is 0 Å². The number of rotatable bonds is 3. The van der Waals surface area contributed by atoms with Crippen molar-refractivity contribution < 1.29 is 5.11 Å². The molecule has 0 amide bonds. The van der Waals surface area contributed by atoms with Crippen LogP contribution in [-0.2, 0) is 31.9 Å². The monoisotopic (exact) mass is 270 g/mol. The van der Waals surface area contributed by atoms with Gasteiger partial charge in [-0.15, -0.1) is 0 Å². The van der Waals surface area contributed by atoms with Gasteiger partial charge >= 0.3 is 0 Å². The van der Waals surface area contributed by atoms with Crippen LogP contribution < -0.4 is 0 Å². The van der Waals surface area contributed by atoms with E-state index in [4.69, 9.17) is 0 Å². The van der Waals surface area contributed by atoms with Crippen molar-refractivity contribution in [2.75, 3.05) is 0 Å². The lowest BCUT2D eigenvalue weighted by Gasteiger charge is -2.26. The molecule has 106 valence electrons. The van der Waals surface area contributed by atoms with Gasteiger partial charge in [0.2, 0.25) is 0 Å². The number of aromatic nitrogens is 2. The van der Waals surface area contributed by atoms with Gasteiger partial charge in [-0.25, -0.2) is 0 Å². The average molecular weight is 270 g/mol. The van der Waals surface area contributed by atoms with Crippen LogP contribution in [0.2, 0.25) is 0 Å². The van der Waals surface area contributed by atoms with Crippen molar-refractivity contribution in [2.45, 2.75) is 44.6 Å². The lowest BCUT2D eigenvalue weighted by Crippen LogP contribution is -2.24. The quantitative estimate of drug-likeness (QED) is 0.931. The van der Waals surface area contributed by atoms with E-state index in [1.165, 1.54) is 30.4 Å². The number of hydrogen-bond acceptors (Lipinski definition) is 2. The van der Waals surface area contributed by atoms with Gasteiger partial charge in [0.1, 0.15) is 0 Å². The lowest BCUT2D eigenvalue weighted by atomic mass is 9.84. The summed E-state index contributed by atoms with van der Waals surface area (Å²) in [6.45, 7) is 1.89. The van der Waals surface area contributed by atoms with Crippen LogP contribution in [0.25, 0.3) is 0 Å². The third-order valence-corrected chi connectivity index (χ3v) is 4.28. The minimum absolute atomic E-state index is 0.597. The van der Waals surface area contributed by atoms with Gasteiger partial charge in [0.25, 0.3) is 0 Å². The molecule has 20 heavy (non-hydrogen) atoms. The number of fused-ring (bicyclic) bond motifs is 1. The van der Waals surface area contributed by atoms with Crippen LogP contribution in [0.5, 0.6) is 0 Å². The Hall–Kier alpha value is -1.61. The second-order valence-corrected chi connectivity index (χ2v) is 6.16. The zero-order valence-corrected chi connectivity index (χ0v) is 12.3. The molecule has 0 radical (unpaired) electrons. The summed E-state index contributed by atoms with van der Waals surface area (Å²) in [5.41, 5.74) is 4.12. The summed E-state index contributed by atoms with van der Waals surface area (Å²) in [7, 11) is 1.90. The molecular formula is C17H22N2O. The molecule has 0 aliphatic heterocycles. The highest BCUT2D eigenvalue weighted by Gasteiger charge is 2.25. The smallest absolute Gasteiger partial charge is 0.0909 e. The third-order valence-electron chi connectivity index (χ3n) is 4.28. The summed E-state index contributed by atoms with van der Waals surface area (Å²) in [6, 6.07) is 6.48. The second-order valence-electron chi connectivity index (χ2n) is 6.16. The summed E-state index contributed by atoms with van der Waals surface area (Å²) in [6.07, 6.45) is 9.27. The zero-order valence-electron chi connectivity index (χ0n) is 12.3. The average Bonchev–Trinajstić information content (AvgIpc) is 2.83. The zero-order chi connectivity index (χ0) is 14.2. The Bertz CT molecular complexity index is 613. The van der Waals surface area contributed by atoms with Crippen molar-refractivity contribution in [2.24, 2.45) is 7.05 Å². The first-order chi connectivity index (χ1) is 9.54. The van der Waals surface area contributed by atoms with E-state index in [2.05, 4.69) is 23.3 Å². The van der Waals surface area contributed by atoms with Crippen LogP contribution in [0.15, 0.2) is 30.6 Å². The van der Waals surface area contributed by atoms with Crippen LogP contribution in [-0.4, -0.2) is 14.9 Å². The Kier molecular flexibility index (Phi) is 3.38. The second kappa shape index (κ2) is 5.06. The molecule has 3 heteroatoms. The number of aliphatic hydroxyl groups is 1. The van der Waals surface area contributed by atoms with E-state index < -0.39 is 5.60 Å². The summed E-state index contributed by atoms with van der Waals surface area (Å²) < 4.78 is 1.78. The van der Waals surface area contributed by atoms with E-state index in [9.17, 15) is 5.11 Å². The van der Waals surface area contributed by atoms with Crippen LogP contribution in [0.4, 0.5) is 0 Å². The van der Waals surface area contributed by atoms with Crippen molar-refractivity contribution in [3.8, 4) is 0 Å². The number of benzene rings is 1. The molecule has 1 aromatic carbocycles. The highest BCUT2D eigenvalue weighted by molar-refractivity contribution is 5.36. The molecule has 1 unspecified atom stereocenters. The van der Waals surface area contributed by atoms with Crippen molar-refractivity contribution in [3.63, 3.8) is 0 Å². The number of hydrogen-bond donors (Lipinski definition) is 1. The van der Waals surface area contributed by atoms with Gasteiger partial charge in [0.05, 0.1) is 11.8 Å². The minimum atomic E-state index is -0.838. The Morgan fingerprint density at radius 1 is 1.25 bits per heavy atom. The Labute approximate surface area is 120 Å². The maximum atomic E-state index is 10.8. The summed E-state index contributed by atoms with van der Waals surface area (Å²) in [5, 5.41) is 15.0. The normalized spacial score (nSPS) is 17.6. The van der Waals surface area contributed by atoms with Crippen molar-refractivity contribution in [3.05, 3.63) is 52.8 Å². The summed E-state index contributed by atoms with van der Waals surface area (Å²) in [5.74, 6) is 0. The SMILES string of the molecule is Cn1cc(CC(C)(O)c2ccc3c(c2)CCCC3)cn1. The van der Waals surface area contributed by atoms with Gasteiger partial charge in [-0.1, -0.05) is 18.2 Å². The van der Waals surface area contributed by atoms with E-state index >= 15 is 0 Å². The Morgan fingerprint density at radius 3 is 2.70 bits per heavy atom. The molecule has 1 heterocycles. The molecule has 1 aliphatic carbocycles. The predicted molar refractivity (Wildman–Crippen MR) is 79.6 cm³/mol. The van der Waals surface area contributed by atoms with Crippen LogP contribution in [0, 0.1) is 0 Å². The van der Waals surface area contributed by atoms with Gasteiger partial charge in [-0.05, 0) is 54.9 Å². The lowest BCUT2D eigenvalue weighted by molar-refractivity contribution is 0.0575. The predicted octanol–water partition coefficient (Wildman–Crippen LogP) is 2.75. The molecule has 0 spiro atoms. The van der Waals surface area contributed by atoms with Gasteiger partial charge in [-0.3, -0.25) is 4.68 Å². The Morgan fingerprint density at radius 2 is 2.00 bits per heavy atom. The Balaban J connectivity index is 1.86. The van der Waals surface area contributed by atoms with E-state index in [1.807, 2.05) is 26.4 Å². The third kappa shape index (κ3) is 2.63. The molecule has 1 atom stereocenters. The highest BCUT2D eigenvalue weighted by atomic mass is 16.3. The maximum absolute atomic E-state index is 10.8. The molecule has 0 bridgehead atoms. The van der Waals surface area contributed by atoms with Gasteiger partial charge in [0.15, 0.2) is 0 Å². The first kappa shape index (κ1) is 13.4. The van der Waals surface area contributed by atoms with Gasteiger partial charge in [0, 0.05) is 19.7 Å². The van der Waals surface area contributed by atoms with Crippen molar-refractivity contribution in [1.82, 2.24) is 9.78 Å². The van der Waals surface area contributed by atoms with Gasteiger partial charge in [-0.2, -0.15) is 5.10 Å². The molecule has 1 N–H and O–H groups in total. The van der Waals surface area contributed by atoms with E-state index in [0.29, 0.717) is 6.42 Å². The number of aryl methyl sites for hydroxylation is 3. The molecule has 2 aromatic rings. The fourth-order valence-corrected chi connectivity index (χ4v) is 3.13. The molecule has 0 saturated heterocycles. The first-order valence-electron chi connectivity index (χ1n) is 7.37. The van der Waals surface area contributed by atoms with E-state index in [-0.39, 0.29) is 0 Å². The molecular weight excluding hydrogens is 248 g/mol. The molecule has 1 aromatic heterocycles. The molecule has 3 nitrogen and oxygen atoms in total. The summed E-state index contributed by atoms with van der Waals surface area (Å²) in [4.78, 5) is 0.